The zero-order chi connectivity index (χ0) is 23.3. The molecule has 0 aliphatic carbocycles. The molecule has 194 valence electrons. The molecule has 6 nitrogen and oxygen atoms in total. The lowest BCUT2D eigenvalue weighted by Crippen LogP contribution is -2.30. The molecule has 0 bridgehead atoms. The minimum atomic E-state index is -0.518. The van der Waals surface area contributed by atoms with E-state index in [1.807, 2.05) is 0 Å². The second-order valence-corrected chi connectivity index (χ2v) is 9.51. The third-order valence-corrected chi connectivity index (χ3v) is 7.20. The molecule has 1 saturated heterocycles. The van der Waals surface area contributed by atoms with Gasteiger partial charge in [-0.05, 0) is 73.8 Å². The molecule has 0 saturated carbocycles. The zero-order valence-corrected chi connectivity index (χ0v) is 22.2. The first kappa shape index (κ1) is 28.2. The number of hydroxylamine groups is 1. The van der Waals surface area contributed by atoms with Crippen LogP contribution >= 0.6 is 24.8 Å². The number of halogens is 2. The molecule has 2 aliphatic rings. The monoisotopic (exact) mass is 530 g/mol. The Balaban J connectivity index is 0.00000180. The summed E-state index contributed by atoms with van der Waals surface area (Å²) in [6, 6.07) is 17.1. The average molecular weight is 532 g/mol. The van der Waals surface area contributed by atoms with Gasteiger partial charge >= 0.3 is 0 Å². The Bertz CT molecular complexity index is 1170. The number of carbonyl (C=O) groups is 1. The quantitative estimate of drug-likeness (QED) is 0.243. The summed E-state index contributed by atoms with van der Waals surface area (Å²) in [4.78, 5) is 16.6. The summed E-state index contributed by atoms with van der Waals surface area (Å²) >= 11 is 0. The SMILES string of the molecule is Cl.Cl.O=C(/C=C/c1ccc2c(c1)c1c(n2CCCN2CCCC2)CCN(Cc2ccccc2)C1)NO. The number of benzene rings is 2. The maximum absolute atomic E-state index is 11.5. The lowest BCUT2D eigenvalue weighted by molar-refractivity contribution is -0.124. The number of nitrogens with one attached hydrogen (secondary N) is 1. The van der Waals surface area contributed by atoms with Crippen molar-refractivity contribution in [1.29, 1.82) is 0 Å². The van der Waals surface area contributed by atoms with Crippen molar-refractivity contribution in [3.63, 3.8) is 0 Å². The van der Waals surface area contributed by atoms with E-state index < -0.39 is 5.91 Å². The van der Waals surface area contributed by atoms with Crippen LogP contribution in [-0.4, -0.2) is 51.7 Å². The van der Waals surface area contributed by atoms with Crippen molar-refractivity contribution < 1.29 is 10.0 Å². The minimum absolute atomic E-state index is 0. The molecular weight excluding hydrogens is 495 g/mol. The Morgan fingerprint density at radius 2 is 1.75 bits per heavy atom. The van der Waals surface area contributed by atoms with Crippen molar-refractivity contribution in [2.45, 2.75) is 45.3 Å². The van der Waals surface area contributed by atoms with Crippen LogP contribution in [0.5, 0.6) is 0 Å². The molecule has 2 aliphatic heterocycles. The third kappa shape index (κ3) is 6.50. The highest BCUT2D eigenvalue weighted by Gasteiger charge is 2.24. The molecule has 2 N–H and O–H groups in total. The van der Waals surface area contributed by atoms with E-state index in [4.69, 9.17) is 5.21 Å². The van der Waals surface area contributed by atoms with E-state index in [1.54, 1.807) is 11.6 Å². The lowest BCUT2D eigenvalue weighted by Gasteiger charge is -2.28. The van der Waals surface area contributed by atoms with Gasteiger partial charge in [0.2, 0.25) is 0 Å². The smallest absolute Gasteiger partial charge is 0.267 e. The molecule has 1 aromatic heterocycles. The van der Waals surface area contributed by atoms with Crippen molar-refractivity contribution >= 4 is 47.7 Å². The van der Waals surface area contributed by atoms with Crippen molar-refractivity contribution in [3.05, 3.63) is 77.0 Å². The highest BCUT2D eigenvalue weighted by Crippen LogP contribution is 2.33. The van der Waals surface area contributed by atoms with Gasteiger partial charge in [-0.3, -0.25) is 14.9 Å². The molecule has 5 rings (SSSR count). The van der Waals surface area contributed by atoms with Crippen molar-refractivity contribution in [3.8, 4) is 0 Å². The van der Waals surface area contributed by atoms with Gasteiger partial charge < -0.3 is 9.47 Å². The summed E-state index contributed by atoms with van der Waals surface area (Å²) in [7, 11) is 0. The third-order valence-electron chi connectivity index (χ3n) is 7.20. The van der Waals surface area contributed by atoms with Crippen LogP contribution in [0.4, 0.5) is 0 Å². The first-order valence-corrected chi connectivity index (χ1v) is 12.5. The number of likely N-dealkylation sites (tertiary alicyclic amines) is 1. The fourth-order valence-electron chi connectivity index (χ4n) is 5.53. The van der Waals surface area contributed by atoms with Gasteiger partial charge in [-0.15, -0.1) is 24.8 Å². The second kappa shape index (κ2) is 13.3. The van der Waals surface area contributed by atoms with Gasteiger partial charge in [-0.1, -0.05) is 36.4 Å². The molecule has 0 unspecified atom stereocenters. The van der Waals surface area contributed by atoms with Gasteiger partial charge in [0.15, 0.2) is 0 Å². The average Bonchev–Trinajstić information content (AvgIpc) is 3.49. The number of carbonyl (C=O) groups excluding carboxylic acids is 1. The number of rotatable bonds is 8. The van der Waals surface area contributed by atoms with Crippen LogP contribution in [0, 0.1) is 0 Å². The first-order valence-electron chi connectivity index (χ1n) is 12.5. The van der Waals surface area contributed by atoms with Crippen LogP contribution in [0.2, 0.25) is 0 Å². The lowest BCUT2D eigenvalue weighted by atomic mass is 10.0. The Kier molecular flexibility index (Phi) is 10.4. The summed E-state index contributed by atoms with van der Waals surface area (Å²) < 4.78 is 2.55. The van der Waals surface area contributed by atoms with Gasteiger partial charge in [0.25, 0.3) is 5.91 Å². The first-order chi connectivity index (χ1) is 16.7. The van der Waals surface area contributed by atoms with Crippen LogP contribution in [0.25, 0.3) is 17.0 Å². The van der Waals surface area contributed by atoms with E-state index in [-0.39, 0.29) is 24.8 Å². The van der Waals surface area contributed by atoms with Crippen LogP contribution in [0.1, 0.15) is 41.6 Å². The fourth-order valence-corrected chi connectivity index (χ4v) is 5.53. The molecule has 0 radical (unpaired) electrons. The molecule has 36 heavy (non-hydrogen) atoms. The van der Waals surface area contributed by atoms with Gasteiger partial charge in [0.05, 0.1) is 0 Å². The standard InChI is InChI=1S/C28H34N4O2.2ClH/c33-28(29-34)12-10-22-9-11-26-24(19-22)25-21-31(20-23-7-2-1-3-8-23)18-13-27(25)32(26)17-6-16-30-14-4-5-15-30;;/h1-3,7-12,19,34H,4-6,13-18,20-21H2,(H,29,33);2*1H/b12-10+;;. The Morgan fingerprint density at radius 3 is 2.50 bits per heavy atom. The molecular formula is C28H36Cl2N4O2. The number of hydrogen-bond donors (Lipinski definition) is 2. The Morgan fingerprint density at radius 1 is 0.972 bits per heavy atom. The van der Waals surface area contributed by atoms with Crippen LogP contribution in [0.3, 0.4) is 0 Å². The van der Waals surface area contributed by atoms with Crippen molar-refractivity contribution in [2.24, 2.45) is 0 Å². The van der Waals surface area contributed by atoms with E-state index in [1.165, 1.54) is 72.7 Å². The molecule has 3 heterocycles. The van der Waals surface area contributed by atoms with Crippen molar-refractivity contribution in [1.82, 2.24) is 19.8 Å². The van der Waals surface area contributed by atoms with E-state index in [9.17, 15) is 4.79 Å². The van der Waals surface area contributed by atoms with Crippen LogP contribution in [-0.2, 0) is 30.8 Å². The predicted molar refractivity (Wildman–Crippen MR) is 150 cm³/mol. The minimum Gasteiger partial charge on any atom is -0.344 e. The Hall–Kier alpha value is -2.35. The maximum Gasteiger partial charge on any atom is 0.267 e. The highest BCUT2D eigenvalue weighted by atomic mass is 35.5. The molecule has 1 fully saturated rings. The Labute approximate surface area is 225 Å². The predicted octanol–water partition coefficient (Wildman–Crippen LogP) is 5.05. The van der Waals surface area contributed by atoms with Gasteiger partial charge in [0, 0.05) is 55.3 Å². The van der Waals surface area contributed by atoms with Crippen molar-refractivity contribution in [2.75, 3.05) is 26.2 Å². The number of amides is 1. The summed E-state index contributed by atoms with van der Waals surface area (Å²) in [5, 5.41) is 10.1. The number of hydrogen-bond acceptors (Lipinski definition) is 4. The zero-order valence-electron chi connectivity index (χ0n) is 20.6. The molecule has 8 heteroatoms. The molecule has 0 atom stereocenters. The highest BCUT2D eigenvalue weighted by molar-refractivity contribution is 5.93. The maximum atomic E-state index is 11.5. The van der Waals surface area contributed by atoms with E-state index >= 15 is 0 Å². The molecule has 0 spiro atoms. The van der Waals surface area contributed by atoms with Gasteiger partial charge in [-0.25, -0.2) is 5.48 Å². The number of aromatic nitrogens is 1. The normalized spacial score (nSPS) is 16.0. The topological polar surface area (TPSA) is 60.7 Å². The summed E-state index contributed by atoms with van der Waals surface area (Å²) in [6.07, 6.45) is 8.02. The number of fused-ring (bicyclic) bond motifs is 3. The number of aryl methyl sites for hydroxylation is 1. The molecule has 3 aromatic rings. The molecule has 1 amide bonds. The number of nitrogens with zero attached hydrogens (tertiary/aromatic N) is 3. The van der Waals surface area contributed by atoms with E-state index in [2.05, 4.69) is 62.9 Å². The molecule has 2 aromatic carbocycles. The van der Waals surface area contributed by atoms with E-state index in [0.29, 0.717) is 0 Å². The summed E-state index contributed by atoms with van der Waals surface area (Å²) in [6.45, 7) is 7.66. The van der Waals surface area contributed by atoms with Gasteiger partial charge in [-0.2, -0.15) is 0 Å². The van der Waals surface area contributed by atoms with Crippen LogP contribution < -0.4 is 5.48 Å². The largest absolute Gasteiger partial charge is 0.344 e. The van der Waals surface area contributed by atoms with Crippen LogP contribution in [0.15, 0.2) is 54.6 Å². The van der Waals surface area contributed by atoms with Gasteiger partial charge in [0.1, 0.15) is 0 Å². The summed E-state index contributed by atoms with van der Waals surface area (Å²) in [5.74, 6) is -0.518. The fraction of sp³-hybridized carbons (Fsp3) is 0.393. The van der Waals surface area contributed by atoms with E-state index in [0.717, 1.165) is 38.2 Å². The second-order valence-electron chi connectivity index (χ2n) is 9.51. The summed E-state index contributed by atoms with van der Waals surface area (Å²) in [5.41, 5.74) is 8.15.